The minimum atomic E-state index is -4.41. The summed E-state index contributed by atoms with van der Waals surface area (Å²) in [6.45, 7) is 1.64. The summed E-state index contributed by atoms with van der Waals surface area (Å²) in [5, 5.41) is 2.50. The lowest BCUT2D eigenvalue weighted by atomic mass is 10.1. The van der Waals surface area contributed by atoms with Gasteiger partial charge in [0.25, 0.3) is 0 Å². The predicted molar refractivity (Wildman–Crippen MR) is 81.0 cm³/mol. The number of carbonyl (C=O) groups excluding carboxylic acids is 1. The fourth-order valence-electron chi connectivity index (χ4n) is 2.29. The molecular weight excluding hydrogens is 319 g/mol. The summed E-state index contributed by atoms with van der Waals surface area (Å²) >= 11 is 0. The van der Waals surface area contributed by atoms with Crippen molar-refractivity contribution >= 4 is 24.0 Å². The van der Waals surface area contributed by atoms with Crippen LogP contribution in [0.3, 0.4) is 0 Å². The quantitative estimate of drug-likeness (QED) is 0.891. The second-order valence-electron chi connectivity index (χ2n) is 5.24. The molecule has 22 heavy (non-hydrogen) atoms. The number of benzene rings is 1. The first-order valence-corrected chi connectivity index (χ1v) is 6.79. The maximum atomic E-state index is 12.6. The fraction of sp³-hybridized carbons (Fsp3) is 0.500. The Morgan fingerprint density at radius 3 is 2.55 bits per heavy atom. The Balaban J connectivity index is 0.00000242. The molecule has 124 valence electrons. The number of likely N-dealkylation sites (tertiary alicyclic amines) is 1. The van der Waals surface area contributed by atoms with Crippen molar-refractivity contribution < 1.29 is 18.0 Å². The SMILES string of the molecule is Cl.NC1CCN(CC(=O)Nc2cccc(C(F)(F)F)c2)CC1. The minimum Gasteiger partial charge on any atom is -0.328 e. The van der Waals surface area contributed by atoms with Gasteiger partial charge in [-0.25, -0.2) is 0 Å². The Hall–Kier alpha value is -1.31. The Morgan fingerprint density at radius 2 is 1.95 bits per heavy atom. The number of piperidine rings is 1. The molecule has 0 aromatic heterocycles. The third-order valence-electron chi connectivity index (χ3n) is 3.47. The maximum Gasteiger partial charge on any atom is 0.416 e. The van der Waals surface area contributed by atoms with Crippen molar-refractivity contribution in [2.45, 2.75) is 25.1 Å². The first-order chi connectivity index (χ1) is 9.84. The molecule has 0 radical (unpaired) electrons. The second kappa shape index (κ2) is 7.80. The number of anilines is 1. The molecular formula is C14H19ClF3N3O. The van der Waals surface area contributed by atoms with E-state index >= 15 is 0 Å². The van der Waals surface area contributed by atoms with Gasteiger partial charge < -0.3 is 11.1 Å². The summed E-state index contributed by atoms with van der Waals surface area (Å²) in [6.07, 6.45) is -2.75. The molecule has 1 aliphatic heterocycles. The van der Waals surface area contributed by atoms with Crippen molar-refractivity contribution in [3.05, 3.63) is 29.8 Å². The van der Waals surface area contributed by atoms with E-state index in [9.17, 15) is 18.0 Å². The highest BCUT2D eigenvalue weighted by molar-refractivity contribution is 5.92. The van der Waals surface area contributed by atoms with Gasteiger partial charge >= 0.3 is 6.18 Å². The summed E-state index contributed by atoms with van der Waals surface area (Å²) in [7, 11) is 0. The second-order valence-corrected chi connectivity index (χ2v) is 5.24. The molecule has 8 heteroatoms. The van der Waals surface area contributed by atoms with Crippen LogP contribution in [0.15, 0.2) is 24.3 Å². The van der Waals surface area contributed by atoms with Crippen LogP contribution in [-0.2, 0) is 11.0 Å². The number of nitrogens with two attached hydrogens (primary N) is 1. The monoisotopic (exact) mass is 337 g/mol. The van der Waals surface area contributed by atoms with Gasteiger partial charge in [-0.15, -0.1) is 12.4 Å². The van der Waals surface area contributed by atoms with Crippen LogP contribution in [0, 0.1) is 0 Å². The van der Waals surface area contributed by atoms with Gasteiger partial charge in [0.2, 0.25) is 5.91 Å². The zero-order valence-electron chi connectivity index (χ0n) is 11.9. The fourth-order valence-corrected chi connectivity index (χ4v) is 2.29. The molecule has 2 rings (SSSR count). The molecule has 1 aromatic carbocycles. The molecule has 1 aromatic rings. The minimum absolute atomic E-state index is 0. The topological polar surface area (TPSA) is 58.4 Å². The summed E-state index contributed by atoms with van der Waals surface area (Å²) in [6, 6.07) is 4.80. The molecule has 0 saturated carbocycles. The lowest BCUT2D eigenvalue weighted by molar-refractivity contribution is -0.137. The number of alkyl halides is 3. The number of nitrogens with one attached hydrogen (secondary N) is 1. The summed E-state index contributed by atoms with van der Waals surface area (Å²) < 4.78 is 37.7. The maximum absolute atomic E-state index is 12.6. The van der Waals surface area contributed by atoms with Gasteiger partial charge in [-0.05, 0) is 31.0 Å². The highest BCUT2D eigenvalue weighted by Crippen LogP contribution is 2.30. The van der Waals surface area contributed by atoms with Crippen molar-refractivity contribution in [1.29, 1.82) is 0 Å². The van der Waals surface area contributed by atoms with Crippen LogP contribution in [0.25, 0.3) is 0 Å². The molecule has 0 aliphatic carbocycles. The average Bonchev–Trinajstić information content (AvgIpc) is 2.41. The molecule has 0 unspecified atom stereocenters. The summed E-state index contributed by atoms with van der Waals surface area (Å²) in [5.41, 5.74) is 5.16. The normalized spacial score (nSPS) is 16.9. The molecule has 1 aliphatic rings. The zero-order valence-corrected chi connectivity index (χ0v) is 12.7. The van der Waals surface area contributed by atoms with Gasteiger partial charge in [-0.3, -0.25) is 9.69 Å². The van der Waals surface area contributed by atoms with Crippen molar-refractivity contribution in [3.8, 4) is 0 Å². The van der Waals surface area contributed by atoms with E-state index in [1.54, 1.807) is 0 Å². The van der Waals surface area contributed by atoms with Crippen LogP contribution in [0.1, 0.15) is 18.4 Å². The number of carbonyl (C=O) groups is 1. The summed E-state index contributed by atoms with van der Waals surface area (Å²) in [4.78, 5) is 13.8. The third kappa shape index (κ3) is 5.47. The first-order valence-electron chi connectivity index (χ1n) is 6.79. The molecule has 1 amide bonds. The van der Waals surface area contributed by atoms with Crippen LogP contribution in [0.2, 0.25) is 0 Å². The van der Waals surface area contributed by atoms with Crippen LogP contribution in [0.4, 0.5) is 18.9 Å². The molecule has 1 heterocycles. The van der Waals surface area contributed by atoms with Crippen molar-refractivity contribution in [2.75, 3.05) is 25.0 Å². The highest BCUT2D eigenvalue weighted by atomic mass is 35.5. The van der Waals surface area contributed by atoms with Gasteiger partial charge in [0.1, 0.15) is 0 Å². The van der Waals surface area contributed by atoms with Crippen LogP contribution in [0.5, 0.6) is 0 Å². The van der Waals surface area contributed by atoms with E-state index in [2.05, 4.69) is 5.32 Å². The van der Waals surface area contributed by atoms with Crippen LogP contribution >= 0.6 is 12.4 Å². The van der Waals surface area contributed by atoms with E-state index in [0.29, 0.717) is 0 Å². The van der Waals surface area contributed by atoms with E-state index in [4.69, 9.17) is 5.73 Å². The Bertz CT molecular complexity index is 502. The molecule has 0 atom stereocenters. The van der Waals surface area contributed by atoms with E-state index in [0.717, 1.165) is 38.1 Å². The number of amides is 1. The smallest absolute Gasteiger partial charge is 0.328 e. The largest absolute Gasteiger partial charge is 0.416 e. The molecule has 0 bridgehead atoms. The number of halogens is 4. The number of hydrogen-bond donors (Lipinski definition) is 2. The summed E-state index contributed by atoms with van der Waals surface area (Å²) in [5.74, 6) is -0.315. The van der Waals surface area contributed by atoms with Gasteiger partial charge in [-0.1, -0.05) is 6.07 Å². The lowest BCUT2D eigenvalue weighted by Crippen LogP contribution is -2.43. The Labute approximate surface area is 133 Å². The van der Waals surface area contributed by atoms with Gasteiger partial charge in [0.15, 0.2) is 0 Å². The molecule has 1 saturated heterocycles. The molecule has 0 spiro atoms. The van der Waals surface area contributed by atoms with Gasteiger partial charge in [0, 0.05) is 24.8 Å². The van der Waals surface area contributed by atoms with E-state index < -0.39 is 11.7 Å². The van der Waals surface area contributed by atoms with Gasteiger partial charge in [-0.2, -0.15) is 13.2 Å². The standard InChI is InChI=1S/C14H18F3N3O.ClH/c15-14(16,17)10-2-1-3-12(8-10)19-13(21)9-20-6-4-11(18)5-7-20;/h1-3,8,11H,4-7,9,18H2,(H,19,21);1H. The van der Waals surface area contributed by atoms with Crippen molar-refractivity contribution in [1.82, 2.24) is 4.90 Å². The Morgan fingerprint density at radius 1 is 1.32 bits per heavy atom. The predicted octanol–water partition coefficient (Wildman–Crippen LogP) is 2.49. The number of hydrogen-bond acceptors (Lipinski definition) is 3. The zero-order chi connectivity index (χ0) is 15.5. The van der Waals surface area contributed by atoms with Crippen LogP contribution < -0.4 is 11.1 Å². The van der Waals surface area contributed by atoms with E-state index in [1.807, 2.05) is 4.90 Å². The molecule has 3 N–H and O–H groups in total. The number of nitrogens with zero attached hydrogens (tertiary/aromatic N) is 1. The van der Waals surface area contributed by atoms with Crippen LogP contribution in [-0.4, -0.2) is 36.5 Å². The first kappa shape index (κ1) is 18.7. The molecule has 4 nitrogen and oxygen atoms in total. The van der Waals surface area contributed by atoms with E-state index in [-0.39, 0.29) is 36.6 Å². The third-order valence-corrected chi connectivity index (χ3v) is 3.47. The molecule has 1 fully saturated rings. The highest BCUT2D eigenvalue weighted by Gasteiger charge is 2.30. The Kier molecular flexibility index (Phi) is 6.65. The number of rotatable bonds is 3. The van der Waals surface area contributed by atoms with Gasteiger partial charge in [0.05, 0.1) is 12.1 Å². The van der Waals surface area contributed by atoms with Crippen molar-refractivity contribution in [3.63, 3.8) is 0 Å². The van der Waals surface area contributed by atoms with E-state index in [1.165, 1.54) is 12.1 Å². The average molecular weight is 338 g/mol. The lowest BCUT2D eigenvalue weighted by Gasteiger charge is -2.29. The van der Waals surface area contributed by atoms with Crippen molar-refractivity contribution in [2.24, 2.45) is 5.73 Å².